The molecule has 0 bridgehead atoms. The number of halogens is 1. The molecule has 0 saturated heterocycles. The maximum absolute atomic E-state index is 12.8. The molecule has 9 heteroatoms. The van der Waals surface area contributed by atoms with Crippen molar-refractivity contribution in [2.45, 2.75) is 4.90 Å². The lowest BCUT2D eigenvalue weighted by molar-refractivity contribution is -0.119. The van der Waals surface area contributed by atoms with Crippen molar-refractivity contribution >= 4 is 58.4 Å². The zero-order chi connectivity index (χ0) is 23.5. The number of carbonyl (C=O) groups is 4. The van der Waals surface area contributed by atoms with Crippen LogP contribution in [0, 0.1) is 0 Å². The number of anilines is 2. The first kappa shape index (κ1) is 22.6. The first-order valence-electron chi connectivity index (χ1n) is 9.77. The molecule has 1 aliphatic heterocycles. The summed E-state index contributed by atoms with van der Waals surface area (Å²) >= 11 is 7.41. The molecule has 0 spiro atoms. The van der Waals surface area contributed by atoms with Crippen molar-refractivity contribution in [2.24, 2.45) is 0 Å². The summed E-state index contributed by atoms with van der Waals surface area (Å²) in [6, 6.07) is 17.6. The van der Waals surface area contributed by atoms with Gasteiger partial charge in [0.2, 0.25) is 0 Å². The fourth-order valence-electron chi connectivity index (χ4n) is 3.30. The average molecular weight is 481 g/mol. The highest BCUT2D eigenvalue weighted by Gasteiger charge is 2.37. The molecule has 0 saturated carbocycles. The van der Waals surface area contributed by atoms with Gasteiger partial charge in [0.1, 0.15) is 0 Å². The topological polar surface area (TPSA) is 92.8 Å². The lowest BCUT2D eigenvalue weighted by Crippen LogP contribution is -2.29. The molecular weight excluding hydrogens is 464 g/mol. The van der Waals surface area contributed by atoms with Gasteiger partial charge >= 0.3 is 5.97 Å². The highest BCUT2D eigenvalue weighted by molar-refractivity contribution is 7.98. The number of hydrogen-bond donors (Lipinski definition) is 1. The van der Waals surface area contributed by atoms with E-state index in [0.29, 0.717) is 16.4 Å². The lowest BCUT2D eigenvalue weighted by atomic mass is 10.1. The van der Waals surface area contributed by atoms with Crippen LogP contribution in [0.25, 0.3) is 0 Å². The summed E-state index contributed by atoms with van der Waals surface area (Å²) in [7, 11) is 0. The highest BCUT2D eigenvalue weighted by atomic mass is 35.5. The number of thioether (sulfide) groups is 1. The number of carbonyl (C=O) groups excluding carboxylic acids is 4. The van der Waals surface area contributed by atoms with Gasteiger partial charge in [-0.15, -0.1) is 11.8 Å². The third-order valence-corrected chi connectivity index (χ3v) is 5.87. The van der Waals surface area contributed by atoms with Gasteiger partial charge in [-0.1, -0.05) is 17.7 Å². The van der Waals surface area contributed by atoms with Crippen molar-refractivity contribution in [1.29, 1.82) is 0 Å². The third-order valence-electron chi connectivity index (χ3n) is 4.89. The summed E-state index contributed by atoms with van der Waals surface area (Å²) in [6.07, 6.45) is 1.92. The summed E-state index contributed by atoms with van der Waals surface area (Å²) in [6.45, 7) is -0.497. The molecule has 4 rings (SSSR count). The number of benzene rings is 3. The number of hydrogen-bond acceptors (Lipinski definition) is 6. The molecule has 0 unspecified atom stereocenters. The predicted octanol–water partition coefficient (Wildman–Crippen LogP) is 4.66. The van der Waals surface area contributed by atoms with Crippen molar-refractivity contribution in [3.05, 3.63) is 88.4 Å². The summed E-state index contributed by atoms with van der Waals surface area (Å²) < 4.78 is 5.08. The minimum absolute atomic E-state index is 0.0602. The quantitative estimate of drug-likeness (QED) is 0.313. The van der Waals surface area contributed by atoms with Crippen LogP contribution in [0.5, 0.6) is 0 Å². The molecule has 0 aromatic heterocycles. The number of fused-ring (bicyclic) bond motifs is 1. The molecule has 1 aliphatic rings. The first-order valence-corrected chi connectivity index (χ1v) is 11.4. The Balaban J connectivity index is 1.43. The maximum atomic E-state index is 12.8. The van der Waals surface area contributed by atoms with E-state index >= 15 is 0 Å². The van der Waals surface area contributed by atoms with E-state index in [9.17, 15) is 19.2 Å². The summed E-state index contributed by atoms with van der Waals surface area (Å²) in [5.41, 5.74) is 1.29. The van der Waals surface area contributed by atoms with Crippen molar-refractivity contribution < 1.29 is 23.9 Å². The second kappa shape index (κ2) is 9.48. The zero-order valence-electron chi connectivity index (χ0n) is 17.3. The molecule has 33 heavy (non-hydrogen) atoms. The van der Waals surface area contributed by atoms with Gasteiger partial charge in [-0.3, -0.25) is 14.4 Å². The van der Waals surface area contributed by atoms with Gasteiger partial charge in [0.25, 0.3) is 17.7 Å². The number of ether oxygens (including phenoxy) is 1. The first-order chi connectivity index (χ1) is 15.9. The molecule has 0 atom stereocenters. The van der Waals surface area contributed by atoms with Crippen molar-refractivity contribution in [3.8, 4) is 0 Å². The van der Waals surface area contributed by atoms with E-state index in [1.165, 1.54) is 30.0 Å². The Labute approximate surface area is 198 Å². The van der Waals surface area contributed by atoms with E-state index in [1.807, 2.05) is 18.4 Å². The smallest absolute Gasteiger partial charge is 0.338 e. The molecular formula is C24H17ClN2O5S. The van der Waals surface area contributed by atoms with Gasteiger partial charge in [0, 0.05) is 15.6 Å². The fourth-order valence-corrected chi connectivity index (χ4v) is 3.89. The zero-order valence-corrected chi connectivity index (χ0v) is 18.9. The monoisotopic (exact) mass is 480 g/mol. The van der Waals surface area contributed by atoms with Crippen LogP contribution in [0.15, 0.2) is 71.6 Å². The Morgan fingerprint density at radius 2 is 1.70 bits per heavy atom. The van der Waals surface area contributed by atoms with Gasteiger partial charge in [-0.05, 0) is 66.9 Å². The van der Waals surface area contributed by atoms with Crippen LogP contribution >= 0.6 is 23.4 Å². The van der Waals surface area contributed by atoms with Crippen LogP contribution in [-0.4, -0.2) is 36.6 Å². The molecule has 3 aromatic carbocycles. The maximum Gasteiger partial charge on any atom is 0.338 e. The standard InChI is InChI=1S/C24H17ClN2O5S/c1-33-18-4-2-3-16(12-18)26-21(28)13-32-24(31)14-5-10-19-20(11-14)23(30)27(22(19)29)17-8-6-15(25)7-9-17/h2-12H,13H2,1H3,(H,26,28). The second-order valence-electron chi connectivity index (χ2n) is 7.04. The molecule has 166 valence electrons. The van der Waals surface area contributed by atoms with E-state index in [1.54, 1.807) is 36.4 Å². The molecule has 0 aliphatic carbocycles. The molecule has 1 N–H and O–H groups in total. The second-order valence-corrected chi connectivity index (χ2v) is 8.35. The Morgan fingerprint density at radius 1 is 0.970 bits per heavy atom. The number of nitrogens with zero attached hydrogens (tertiary/aromatic N) is 1. The number of nitrogens with one attached hydrogen (secondary N) is 1. The van der Waals surface area contributed by atoms with E-state index in [2.05, 4.69) is 5.32 Å². The lowest BCUT2D eigenvalue weighted by Gasteiger charge is -2.13. The van der Waals surface area contributed by atoms with Crippen LogP contribution in [0.4, 0.5) is 11.4 Å². The molecule has 3 aromatic rings. The van der Waals surface area contributed by atoms with Crippen LogP contribution in [0.1, 0.15) is 31.1 Å². The average Bonchev–Trinajstić information content (AvgIpc) is 3.07. The SMILES string of the molecule is CSc1cccc(NC(=O)COC(=O)c2ccc3c(c2)C(=O)N(c2ccc(Cl)cc2)C3=O)c1. The van der Waals surface area contributed by atoms with Crippen LogP contribution in [0.3, 0.4) is 0 Å². The Morgan fingerprint density at radius 3 is 2.42 bits per heavy atom. The highest BCUT2D eigenvalue weighted by Crippen LogP contribution is 2.30. The number of amides is 3. The van der Waals surface area contributed by atoms with Gasteiger partial charge in [-0.25, -0.2) is 9.69 Å². The number of imide groups is 1. The number of rotatable bonds is 6. The largest absolute Gasteiger partial charge is 0.452 e. The van der Waals surface area contributed by atoms with E-state index in [4.69, 9.17) is 16.3 Å². The summed E-state index contributed by atoms with van der Waals surface area (Å²) in [4.78, 5) is 52.1. The molecule has 7 nitrogen and oxygen atoms in total. The van der Waals surface area contributed by atoms with Gasteiger partial charge in [-0.2, -0.15) is 0 Å². The fraction of sp³-hybridized carbons (Fsp3) is 0.0833. The van der Waals surface area contributed by atoms with Crippen LogP contribution in [0.2, 0.25) is 5.02 Å². The third kappa shape index (κ3) is 4.76. The van der Waals surface area contributed by atoms with E-state index in [0.717, 1.165) is 9.80 Å². The number of esters is 1. The van der Waals surface area contributed by atoms with Crippen molar-refractivity contribution in [3.63, 3.8) is 0 Å². The molecule has 0 fully saturated rings. The summed E-state index contributed by atoms with van der Waals surface area (Å²) in [5, 5.41) is 3.14. The minimum atomic E-state index is -0.781. The Hall–Kier alpha value is -3.62. The van der Waals surface area contributed by atoms with Crippen molar-refractivity contribution in [2.75, 3.05) is 23.1 Å². The molecule has 1 heterocycles. The van der Waals surface area contributed by atoms with Gasteiger partial charge in [0.05, 0.1) is 22.4 Å². The Kier molecular flexibility index (Phi) is 6.48. The normalized spacial score (nSPS) is 12.5. The van der Waals surface area contributed by atoms with Crippen LogP contribution in [-0.2, 0) is 9.53 Å². The summed E-state index contributed by atoms with van der Waals surface area (Å²) in [5.74, 6) is -2.33. The van der Waals surface area contributed by atoms with E-state index < -0.39 is 30.3 Å². The molecule has 0 radical (unpaired) electrons. The molecule has 3 amide bonds. The Bertz CT molecular complexity index is 1280. The van der Waals surface area contributed by atoms with Crippen LogP contribution < -0.4 is 10.2 Å². The van der Waals surface area contributed by atoms with Gasteiger partial charge in [0.15, 0.2) is 6.61 Å². The van der Waals surface area contributed by atoms with Crippen molar-refractivity contribution in [1.82, 2.24) is 0 Å². The van der Waals surface area contributed by atoms with E-state index in [-0.39, 0.29) is 16.7 Å². The minimum Gasteiger partial charge on any atom is -0.452 e. The van der Waals surface area contributed by atoms with Gasteiger partial charge < -0.3 is 10.1 Å². The predicted molar refractivity (Wildman–Crippen MR) is 126 cm³/mol.